The SMILES string of the molecule is [Li][CH](OC(=O)CCCCC(=O)O)C1CO1. The average Bonchev–Trinajstić information content (AvgIpc) is 2.94. The first kappa shape index (κ1) is 12.6. The number of ether oxygens (including phenoxy) is 2. The average molecular weight is 208 g/mol. The number of carboxylic acid groups (broad SMARTS) is 1. The second kappa shape index (κ2) is 6.16. The van der Waals surface area contributed by atoms with Crippen LogP contribution in [-0.2, 0) is 19.1 Å². The minimum atomic E-state index is -0.830. The number of esters is 1. The second-order valence-corrected chi connectivity index (χ2v) is 3.67. The van der Waals surface area contributed by atoms with Gasteiger partial charge in [0.15, 0.2) is 0 Å². The van der Waals surface area contributed by atoms with Crippen molar-refractivity contribution in [2.45, 2.75) is 36.6 Å². The van der Waals surface area contributed by atoms with E-state index in [2.05, 4.69) is 0 Å². The molecule has 0 aromatic rings. The van der Waals surface area contributed by atoms with E-state index in [1.165, 1.54) is 0 Å². The first-order valence-corrected chi connectivity index (χ1v) is 5.12. The van der Waals surface area contributed by atoms with Crippen LogP contribution in [0.2, 0.25) is 0 Å². The third-order valence-corrected chi connectivity index (χ3v) is 2.22. The Labute approximate surface area is 97.3 Å². The van der Waals surface area contributed by atoms with Crippen LogP contribution in [0, 0.1) is 0 Å². The number of hydrogen-bond donors (Lipinski definition) is 1. The van der Waals surface area contributed by atoms with Gasteiger partial charge in [0.1, 0.15) is 0 Å². The van der Waals surface area contributed by atoms with Gasteiger partial charge in [-0.1, -0.05) is 0 Å². The van der Waals surface area contributed by atoms with Crippen LogP contribution >= 0.6 is 0 Å². The minimum absolute atomic E-state index is 0.0629. The van der Waals surface area contributed by atoms with Crippen molar-refractivity contribution in [3.8, 4) is 0 Å². The molecule has 0 aromatic heterocycles. The molecule has 0 bridgehead atoms. The summed E-state index contributed by atoms with van der Waals surface area (Å²) in [5.74, 6) is -1.11. The Morgan fingerprint density at radius 3 is 2.60 bits per heavy atom. The summed E-state index contributed by atoms with van der Waals surface area (Å²) in [6.07, 6.45) is 1.52. The molecule has 0 spiro atoms. The van der Waals surface area contributed by atoms with Crippen molar-refractivity contribution in [3.63, 3.8) is 0 Å². The number of rotatable bonds is 7. The topological polar surface area (TPSA) is 76.1 Å². The van der Waals surface area contributed by atoms with Crippen LogP contribution in [-0.4, -0.2) is 52.2 Å². The zero-order chi connectivity index (χ0) is 11.3. The first-order chi connectivity index (χ1) is 7.09. The van der Waals surface area contributed by atoms with Crippen LogP contribution in [0.25, 0.3) is 0 Å². The van der Waals surface area contributed by atoms with Gasteiger partial charge in [-0.2, -0.15) is 0 Å². The van der Waals surface area contributed by atoms with Crippen molar-refractivity contribution in [2.24, 2.45) is 0 Å². The van der Waals surface area contributed by atoms with Crippen LogP contribution in [0.1, 0.15) is 25.7 Å². The number of unbranched alkanes of at least 4 members (excludes halogenated alkanes) is 1. The normalized spacial score (nSPS) is 20.8. The van der Waals surface area contributed by atoms with E-state index in [1.807, 2.05) is 0 Å². The summed E-state index contributed by atoms with van der Waals surface area (Å²) in [6.45, 7) is 0.660. The Morgan fingerprint density at radius 2 is 2.07 bits per heavy atom. The summed E-state index contributed by atoms with van der Waals surface area (Å²) in [5.41, 5.74) is 0. The summed E-state index contributed by atoms with van der Waals surface area (Å²) < 4.78 is 9.86. The Morgan fingerprint density at radius 1 is 1.47 bits per heavy atom. The summed E-state index contributed by atoms with van der Waals surface area (Å²) in [4.78, 5) is 21.4. The van der Waals surface area contributed by atoms with E-state index in [1.54, 1.807) is 17.7 Å². The van der Waals surface area contributed by atoms with Gasteiger partial charge >= 0.3 is 97.0 Å². The van der Waals surface area contributed by atoms with E-state index >= 15 is 0 Å². The molecule has 1 fully saturated rings. The molecule has 1 aliphatic heterocycles. The molecule has 0 radical (unpaired) electrons. The molecule has 1 saturated heterocycles. The molecule has 2 unspecified atom stereocenters. The maximum atomic E-state index is 11.2. The number of epoxide rings is 1. The summed E-state index contributed by atoms with van der Waals surface area (Å²) in [7, 11) is 0. The quantitative estimate of drug-likeness (QED) is 0.277. The molecular formula is C9H13LiO5. The van der Waals surface area contributed by atoms with Gasteiger partial charge in [-0.05, 0) is 0 Å². The Balaban J connectivity index is 2.00. The molecule has 5 nitrogen and oxygen atoms in total. The Bertz CT molecular complexity index is 239. The first-order valence-electron chi connectivity index (χ1n) is 5.12. The molecule has 1 N–H and O–H groups in total. The monoisotopic (exact) mass is 208 g/mol. The maximum absolute atomic E-state index is 11.2. The molecule has 0 aliphatic carbocycles. The van der Waals surface area contributed by atoms with Gasteiger partial charge in [0.05, 0.1) is 0 Å². The summed E-state index contributed by atoms with van der Waals surface area (Å²) >= 11 is 1.80. The summed E-state index contributed by atoms with van der Waals surface area (Å²) in [5, 5.41) is 8.37. The van der Waals surface area contributed by atoms with Crippen molar-refractivity contribution in [1.82, 2.24) is 0 Å². The van der Waals surface area contributed by atoms with E-state index in [0.29, 0.717) is 19.4 Å². The van der Waals surface area contributed by atoms with Gasteiger partial charge in [-0.3, -0.25) is 0 Å². The van der Waals surface area contributed by atoms with Gasteiger partial charge in [0, 0.05) is 0 Å². The van der Waals surface area contributed by atoms with E-state index < -0.39 is 5.97 Å². The molecule has 1 heterocycles. The Hall–Kier alpha value is -0.503. The molecule has 80 valence electrons. The molecule has 1 aliphatic rings. The third-order valence-electron chi connectivity index (χ3n) is 2.22. The molecule has 15 heavy (non-hydrogen) atoms. The molecule has 0 aromatic carbocycles. The standard InChI is InChI=1S/C9H13O5.Li/c10-8(11)3-1-2-4-9(12)14-6-7-5-13-7;/h6-7H,1-5H2,(H,10,11);. The van der Waals surface area contributed by atoms with Gasteiger partial charge in [-0.25, -0.2) is 0 Å². The number of hydrogen-bond acceptors (Lipinski definition) is 4. The second-order valence-electron chi connectivity index (χ2n) is 3.67. The van der Waals surface area contributed by atoms with E-state index in [4.69, 9.17) is 14.6 Å². The van der Waals surface area contributed by atoms with Gasteiger partial charge in [0.25, 0.3) is 0 Å². The van der Waals surface area contributed by atoms with Crippen LogP contribution in [0.15, 0.2) is 0 Å². The zero-order valence-electron chi connectivity index (χ0n) is 8.77. The van der Waals surface area contributed by atoms with Crippen LogP contribution < -0.4 is 0 Å². The van der Waals surface area contributed by atoms with Crippen LogP contribution in [0.4, 0.5) is 0 Å². The number of aliphatic carboxylic acids is 1. The Kier molecular flexibility index (Phi) is 5.16. The molecule has 0 amide bonds. The van der Waals surface area contributed by atoms with Gasteiger partial charge < -0.3 is 0 Å². The molecule has 0 saturated carbocycles. The van der Waals surface area contributed by atoms with Crippen LogP contribution in [0.5, 0.6) is 0 Å². The fourth-order valence-electron chi connectivity index (χ4n) is 1.21. The number of carbonyl (C=O) groups is 2. The van der Waals surface area contributed by atoms with E-state index in [0.717, 1.165) is 0 Å². The number of carboxylic acids is 1. The predicted molar refractivity (Wildman–Crippen MR) is 51.5 cm³/mol. The van der Waals surface area contributed by atoms with Crippen molar-refractivity contribution in [3.05, 3.63) is 0 Å². The van der Waals surface area contributed by atoms with Gasteiger partial charge in [0.2, 0.25) is 0 Å². The predicted octanol–water partition coefficient (Wildman–Crippen LogP) is 0.0680. The zero-order valence-corrected chi connectivity index (χ0v) is 8.77. The van der Waals surface area contributed by atoms with E-state index in [9.17, 15) is 9.59 Å². The molecule has 2 atom stereocenters. The number of carbonyl (C=O) groups excluding carboxylic acids is 1. The van der Waals surface area contributed by atoms with Crippen molar-refractivity contribution < 1.29 is 24.2 Å². The fraction of sp³-hybridized carbons (Fsp3) is 0.778. The molecule has 1 rings (SSSR count). The van der Waals surface area contributed by atoms with Gasteiger partial charge in [-0.15, -0.1) is 0 Å². The third kappa shape index (κ3) is 5.83. The summed E-state index contributed by atoms with van der Waals surface area (Å²) in [6, 6.07) is 0. The molecular weight excluding hydrogens is 195 g/mol. The fourth-order valence-corrected chi connectivity index (χ4v) is 1.21. The van der Waals surface area contributed by atoms with Crippen LogP contribution in [0.3, 0.4) is 0 Å². The van der Waals surface area contributed by atoms with E-state index in [-0.39, 0.29) is 29.7 Å². The van der Waals surface area contributed by atoms with Crippen molar-refractivity contribution >= 4 is 29.7 Å². The molecule has 6 heteroatoms. The van der Waals surface area contributed by atoms with Crippen molar-refractivity contribution in [2.75, 3.05) is 6.61 Å². The van der Waals surface area contributed by atoms with Crippen molar-refractivity contribution in [1.29, 1.82) is 0 Å².